The Hall–Kier alpha value is -0.960. The van der Waals surface area contributed by atoms with Gasteiger partial charge in [0.1, 0.15) is 11.6 Å². The van der Waals surface area contributed by atoms with E-state index in [1.807, 2.05) is 0 Å². The van der Waals surface area contributed by atoms with Crippen LogP contribution in [-0.4, -0.2) is 5.54 Å². The summed E-state index contributed by atoms with van der Waals surface area (Å²) in [7, 11) is 0. The number of hydrogen-bond acceptors (Lipinski definition) is 1. The zero-order valence-electron chi connectivity index (χ0n) is 10.9. The van der Waals surface area contributed by atoms with E-state index >= 15 is 0 Å². The van der Waals surface area contributed by atoms with Crippen LogP contribution in [0, 0.1) is 17.6 Å². The van der Waals surface area contributed by atoms with Gasteiger partial charge < -0.3 is 5.73 Å². The van der Waals surface area contributed by atoms with E-state index in [-0.39, 0.29) is 5.54 Å². The lowest BCUT2D eigenvalue weighted by molar-refractivity contribution is 0.228. The molecule has 0 bridgehead atoms. The van der Waals surface area contributed by atoms with Crippen molar-refractivity contribution in [1.29, 1.82) is 0 Å². The van der Waals surface area contributed by atoms with Gasteiger partial charge in [0.05, 0.1) is 0 Å². The number of rotatable bonds is 3. The molecule has 1 aliphatic carbocycles. The van der Waals surface area contributed by atoms with Crippen LogP contribution >= 0.6 is 0 Å². The summed E-state index contributed by atoms with van der Waals surface area (Å²) in [5.74, 6) is -0.266. The summed E-state index contributed by atoms with van der Waals surface area (Å²) < 4.78 is 26.3. The molecule has 2 rings (SSSR count). The van der Waals surface area contributed by atoms with Crippen LogP contribution in [0.2, 0.25) is 0 Å². The molecule has 1 saturated carbocycles. The summed E-state index contributed by atoms with van der Waals surface area (Å²) in [4.78, 5) is 0. The fraction of sp³-hybridized carbons (Fsp3) is 0.600. The highest BCUT2D eigenvalue weighted by Crippen LogP contribution is 2.34. The van der Waals surface area contributed by atoms with Crippen molar-refractivity contribution in [3.05, 3.63) is 35.4 Å². The third kappa shape index (κ3) is 3.29. The first kappa shape index (κ1) is 13.5. The Bertz CT molecular complexity index is 389. The van der Waals surface area contributed by atoms with Gasteiger partial charge >= 0.3 is 0 Å². The van der Waals surface area contributed by atoms with Gasteiger partial charge in [-0.05, 0) is 55.7 Å². The molecule has 0 aliphatic heterocycles. The second-order valence-electron chi connectivity index (χ2n) is 5.67. The molecule has 0 amide bonds. The quantitative estimate of drug-likeness (QED) is 0.871. The number of hydrogen-bond donors (Lipinski definition) is 1. The fourth-order valence-electron chi connectivity index (χ4n) is 2.96. The lowest BCUT2D eigenvalue weighted by Gasteiger charge is -2.37. The highest BCUT2D eigenvalue weighted by molar-refractivity contribution is 5.20. The molecule has 2 N–H and O–H groups in total. The van der Waals surface area contributed by atoms with Gasteiger partial charge in [0, 0.05) is 11.6 Å². The molecule has 0 atom stereocenters. The molecular weight excluding hydrogens is 232 g/mol. The van der Waals surface area contributed by atoms with E-state index in [1.165, 1.54) is 18.6 Å². The standard InChI is InChI=1S/C15H21F2N/c1-2-11-3-5-15(18,6-4-11)10-12-7-13(16)9-14(17)8-12/h7-9,11H,2-6,10,18H2,1H3. The minimum atomic E-state index is -0.518. The second kappa shape index (κ2) is 5.35. The van der Waals surface area contributed by atoms with E-state index in [0.29, 0.717) is 12.0 Å². The van der Waals surface area contributed by atoms with E-state index in [4.69, 9.17) is 5.73 Å². The van der Waals surface area contributed by atoms with Crippen molar-refractivity contribution in [3.63, 3.8) is 0 Å². The molecule has 0 radical (unpaired) electrons. The molecule has 18 heavy (non-hydrogen) atoms. The maximum Gasteiger partial charge on any atom is 0.126 e. The zero-order chi connectivity index (χ0) is 13.2. The summed E-state index contributed by atoms with van der Waals surface area (Å²) in [6.45, 7) is 2.20. The second-order valence-corrected chi connectivity index (χ2v) is 5.67. The van der Waals surface area contributed by atoms with Crippen molar-refractivity contribution in [2.75, 3.05) is 0 Å². The third-order valence-electron chi connectivity index (χ3n) is 4.16. The fourth-order valence-corrected chi connectivity index (χ4v) is 2.96. The first-order valence-electron chi connectivity index (χ1n) is 6.74. The highest BCUT2D eigenvalue weighted by atomic mass is 19.1. The molecule has 1 aromatic rings. The molecule has 1 aliphatic rings. The van der Waals surface area contributed by atoms with E-state index in [1.54, 1.807) is 0 Å². The average Bonchev–Trinajstić information content (AvgIpc) is 2.28. The smallest absolute Gasteiger partial charge is 0.126 e. The van der Waals surface area contributed by atoms with Crippen molar-refractivity contribution >= 4 is 0 Å². The van der Waals surface area contributed by atoms with Gasteiger partial charge in [-0.3, -0.25) is 0 Å². The Labute approximate surface area is 107 Å². The van der Waals surface area contributed by atoms with Crippen molar-refractivity contribution in [3.8, 4) is 0 Å². The summed E-state index contributed by atoms with van der Waals surface area (Å²) >= 11 is 0. The lowest BCUT2D eigenvalue weighted by atomic mass is 9.73. The Kier molecular flexibility index (Phi) is 4.00. The van der Waals surface area contributed by atoms with E-state index < -0.39 is 11.6 Å². The summed E-state index contributed by atoms with van der Waals surface area (Å²) in [5.41, 5.74) is 6.75. The Morgan fingerprint density at radius 1 is 1.17 bits per heavy atom. The maximum absolute atomic E-state index is 13.1. The van der Waals surface area contributed by atoms with Crippen LogP contribution in [0.1, 0.15) is 44.6 Å². The normalized spacial score (nSPS) is 28.3. The van der Waals surface area contributed by atoms with Crippen molar-refractivity contribution in [1.82, 2.24) is 0 Å². The van der Waals surface area contributed by atoms with Crippen LogP contribution in [0.25, 0.3) is 0 Å². The molecular formula is C15H21F2N. The van der Waals surface area contributed by atoms with Crippen LogP contribution in [0.15, 0.2) is 18.2 Å². The van der Waals surface area contributed by atoms with E-state index in [9.17, 15) is 8.78 Å². The Morgan fingerprint density at radius 2 is 1.72 bits per heavy atom. The Morgan fingerprint density at radius 3 is 2.22 bits per heavy atom. The largest absolute Gasteiger partial charge is 0.325 e. The zero-order valence-corrected chi connectivity index (χ0v) is 10.9. The van der Waals surface area contributed by atoms with Gasteiger partial charge in [-0.25, -0.2) is 8.78 Å². The first-order chi connectivity index (χ1) is 8.50. The van der Waals surface area contributed by atoms with Gasteiger partial charge in [0.25, 0.3) is 0 Å². The van der Waals surface area contributed by atoms with Crippen molar-refractivity contribution in [2.24, 2.45) is 11.7 Å². The minimum Gasteiger partial charge on any atom is -0.325 e. The number of nitrogens with two attached hydrogens (primary N) is 1. The molecule has 100 valence electrons. The Balaban J connectivity index is 2.04. The number of benzene rings is 1. The minimum absolute atomic E-state index is 0.286. The molecule has 0 spiro atoms. The topological polar surface area (TPSA) is 26.0 Å². The molecule has 3 heteroatoms. The van der Waals surface area contributed by atoms with Gasteiger partial charge in [-0.15, -0.1) is 0 Å². The molecule has 0 saturated heterocycles. The van der Waals surface area contributed by atoms with Crippen LogP contribution in [0.5, 0.6) is 0 Å². The van der Waals surface area contributed by atoms with Crippen LogP contribution < -0.4 is 5.73 Å². The number of halogens is 2. The highest BCUT2D eigenvalue weighted by Gasteiger charge is 2.31. The van der Waals surface area contributed by atoms with Crippen molar-refractivity contribution in [2.45, 2.75) is 51.0 Å². The van der Waals surface area contributed by atoms with Gasteiger partial charge in [-0.2, -0.15) is 0 Å². The first-order valence-corrected chi connectivity index (χ1v) is 6.74. The summed E-state index contributed by atoms with van der Waals surface area (Å²) in [6.07, 6.45) is 5.92. The van der Waals surface area contributed by atoms with Gasteiger partial charge in [0.15, 0.2) is 0 Å². The van der Waals surface area contributed by atoms with Crippen LogP contribution in [0.3, 0.4) is 0 Å². The van der Waals surface area contributed by atoms with Gasteiger partial charge in [0.2, 0.25) is 0 Å². The summed E-state index contributed by atoms with van der Waals surface area (Å²) in [6, 6.07) is 3.69. The predicted molar refractivity (Wildman–Crippen MR) is 69.2 cm³/mol. The maximum atomic E-state index is 13.1. The van der Waals surface area contributed by atoms with E-state index in [0.717, 1.165) is 37.7 Å². The van der Waals surface area contributed by atoms with Crippen molar-refractivity contribution < 1.29 is 8.78 Å². The summed E-state index contributed by atoms with van der Waals surface area (Å²) in [5, 5.41) is 0. The lowest BCUT2D eigenvalue weighted by Crippen LogP contribution is -2.45. The van der Waals surface area contributed by atoms with Crippen LogP contribution in [-0.2, 0) is 6.42 Å². The monoisotopic (exact) mass is 253 g/mol. The molecule has 0 aromatic heterocycles. The third-order valence-corrected chi connectivity index (χ3v) is 4.16. The van der Waals surface area contributed by atoms with Crippen LogP contribution in [0.4, 0.5) is 8.78 Å². The molecule has 0 heterocycles. The predicted octanol–water partition coefficient (Wildman–Crippen LogP) is 3.81. The average molecular weight is 253 g/mol. The molecule has 1 nitrogen and oxygen atoms in total. The SMILES string of the molecule is CCC1CCC(N)(Cc2cc(F)cc(F)c2)CC1. The molecule has 0 unspecified atom stereocenters. The van der Waals surface area contributed by atoms with E-state index in [2.05, 4.69) is 6.92 Å². The molecule has 1 fully saturated rings. The molecule has 1 aromatic carbocycles. The van der Waals surface area contributed by atoms with Gasteiger partial charge in [-0.1, -0.05) is 13.3 Å².